The van der Waals surface area contributed by atoms with Crippen LogP contribution in [0.15, 0.2) is 11.6 Å². The van der Waals surface area contributed by atoms with Gasteiger partial charge in [-0.15, -0.1) is 0 Å². The molecule has 0 bridgehead atoms. The van der Waals surface area contributed by atoms with Crippen molar-refractivity contribution in [3.8, 4) is 12.1 Å². The molecule has 11 heavy (non-hydrogen) atoms. The van der Waals surface area contributed by atoms with Gasteiger partial charge in [-0.2, -0.15) is 10.5 Å². The summed E-state index contributed by atoms with van der Waals surface area (Å²) in [6.07, 6.45) is 1.04. The predicted octanol–water partition coefficient (Wildman–Crippen LogP) is -0.122. The van der Waals surface area contributed by atoms with Crippen LogP contribution in [0.1, 0.15) is 6.42 Å². The van der Waals surface area contributed by atoms with Crippen LogP contribution >= 0.6 is 0 Å². The number of hydrogen-bond donors (Lipinski definition) is 1. The molecule has 0 unspecified atom stereocenters. The van der Waals surface area contributed by atoms with E-state index in [1.807, 2.05) is 0 Å². The van der Waals surface area contributed by atoms with E-state index in [4.69, 9.17) is 16.3 Å². The van der Waals surface area contributed by atoms with E-state index >= 15 is 0 Å². The van der Waals surface area contributed by atoms with Crippen molar-refractivity contribution < 1.29 is 4.79 Å². The first kappa shape index (κ1) is 9.35. The quantitative estimate of drug-likeness (QED) is 0.447. The molecule has 0 radical (unpaired) electrons. The molecule has 0 aliphatic carbocycles. The van der Waals surface area contributed by atoms with E-state index in [0.29, 0.717) is 0 Å². The fraction of sp³-hybridized carbons (Fsp3) is 0.286. The van der Waals surface area contributed by atoms with Crippen LogP contribution in [0, 0.1) is 22.7 Å². The Morgan fingerprint density at radius 2 is 2.18 bits per heavy atom. The molecule has 2 N–H and O–H groups in total. The first-order chi connectivity index (χ1) is 5.26. The average Bonchev–Trinajstić information content (AvgIpc) is 2.00. The Labute approximate surface area is 64.5 Å². The van der Waals surface area contributed by atoms with Gasteiger partial charge in [0.1, 0.15) is 6.07 Å². The number of carbonyl (C=O) groups excluding carboxylic acids is 1. The molecule has 0 atom stereocenters. The second kappa shape index (κ2) is 5.16. The number of allylic oxidation sites excluding steroid dienone is 1. The molecule has 0 aromatic carbocycles. The van der Waals surface area contributed by atoms with Gasteiger partial charge in [0.05, 0.1) is 18.1 Å². The lowest BCUT2D eigenvalue weighted by molar-refractivity contribution is -0.114. The summed E-state index contributed by atoms with van der Waals surface area (Å²) in [5, 5.41) is 16.5. The fourth-order valence-electron chi connectivity index (χ4n) is 0.507. The van der Waals surface area contributed by atoms with Gasteiger partial charge < -0.3 is 5.73 Å². The van der Waals surface area contributed by atoms with E-state index in [9.17, 15) is 4.79 Å². The number of ketones is 1. The third-order valence-corrected chi connectivity index (χ3v) is 0.982. The molecule has 0 fully saturated rings. The van der Waals surface area contributed by atoms with E-state index in [1.54, 1.807) is 12.1 Å². The van der Waals surface area contributed by atoms with Crippen LogP contribution in [0.3, 0.4) is 0 Å². The molecule has 0 aromatic rings. The van der Waals surface area contributed by atoms with E-state index in [0.717, 1.165) is 0 Å². The monoisotopic (exact) mass is 149 g/mol. The topological polar surface area (TPSA) is 90.7 Å². The molecule has 0 heterocycles. The van der Waals surface area contributed by atoms with Gasteiger partial charge in [-0.05, 0) is 6.08 Å². The van der Waals surface area contributed by atoms with E-state index in [-0.39, 0.29) is 18.5 Å². The Morgan fingerprint density at radius 1 is 1.55 bits per heavy atom. The number of nitrogens with two attached hydrogens (primary N) is 1. The van der Waals surface area contributed by atoms with Crippen LogP contribution in [0.25, 0.3) is 0 Å². The minimum Gasteiger partial charge on any atom is -0.327 e. The minimum absolute atomic E-state index is 0.0333. The summed E-state index contributed by atoms with van der Waals surface area (Å²) in [4.78, 5) is 10.8. The zero-order chi connectivity index (χ0) is 8.69. The van der Waals surface area contributed by atoms with Crippen LogP contribution in [0.5, 0.6) is 0 Å². The summed E-state index contributed by atoms with van der Waals surface area (Å²) in [5.74, 6) is -0.472. The Hall–Kier alpha value is -1.65. The average molecular weight is 149 g/mol. The van der Waals surface area contributed by atoms with E-state index in [2.05, 4.69) is 0 Å². The molecular formula is C7H7N3O. The Balaban J connectivity index is 4.33. The van der Waals surface area contributed by atoms with Crippen molar-refractivity contribution in [1.29, 1.82) is 10.5 Å². The summed E-state index contributed by atoms with van der Waals surface area (Å²) in [6, 6.07) is 3.33. The molecule has 0 rings (SSSR count). The van der Waals surface area contributed by atoms with Crippen molar-refractivity contribution in [2.24, 2.45) is 5.73 Å². The minimum atomic E-state index is -0.472. The third-order valence-electron chi connectivity index (χ3n) is 0.982. The van der Waals surface area contributed by atoms with Gasteiger partial charge in [-0.1, -0.05) is 0 Å². The standard InChI is InChI=1S/C7H7N3O/c8-3-1-6(5-10)7(11)2-4-9/h1H,2-3,8H2. The number of Topliss-reactive ketones (excluding diaryl/α,β-unsaturated/α-hetero) is 1. The molecule has 0 aliphatic heterocycles. The van der Waals surface area contributed by atoms with Crippen molar-refractivity contribution in [2.45, 2.75) is 6.42 Å². The highest BCUT2D eigenvalue weighted by molar-refractivity contribution is 6.00. The number of rotatable bonds is 3. The van der Waals surface area contributed by atoms with E-state index in [1.165, 1.54) is 6.08 Å². The van der Waals surface area contributed by atoms with Crippen molar-refractivity contribution in [3.63, 3.8) is 0 Å². The zero-order valence-electron chi connectivity index (χ0n) is 5.87. The molecule has 0 saturated carbocycles. The molecule has 0 amide bonds. The normalized spacial score (nSPS) is 9.91. The Morgan fingerprint density at radius 3 is 2.55 bits per heavy atom. The van der Waals surface area contributed by atoms with Gasteiger partial charge in [-0.3, -0.25) is 4.79 Å². The maximum Gasteiger partial charge on any atom is 0.187 e. The number of nitriles is 2. The highest BCUT2D eigenvalue weighted by Gasteiger charge is 2.06. The molecule has 0 aromatic heterocycles. The second-order valence-corrected chi connectivity index (χ2v) is 1.72. The van der Waals surface area contributed by atoms with Gasteiger partial charge in [0.15, 0.2) is 5.78 Å². The van der Waals surface area contributed by atoms with Gasteiger partial charge in [0.25, 0.3) is 0 Å². The Bertz CT molecular complexity index is 254. The maximum absolute atomic E-state index is 10.8. The predicted molar refractivity (Wildman–Crippen MR) is 38.0 cm³/mol. The SMILES string of the molecule is N#CCC(=O)C(C#N)=CCN. The van der Waals surface area contributed by atoms with Gasteiger partial charge in [0.2, 0.25) is 0 Å². The van der Waals surface area contributed by atoms with Crippen molar-refractivity contribution in [1.82, 2.24) is 0 Å². The Kier molecular flexibility index (Phi) is 4.39. The van der Waals surface area contributed by atoms with Crippen LogP contribution < -0.4 is 5.73 Å². The van der Waals surface area contributed by atoms with Crippen molar-refractivity contribution in [3.05, 3.63) is 11.6 Å². The van der Waals surface area contributed by atoms with E-state index < -0.39 is 5.78 Å². The smallest absolute Gasteiger partial charge is 0.187 e. The molecular weight excluding hydrogens is 142 g/mol. The summed E-state index contributed by atoms with van der Waals surface area (Å²) < 4.78 is 0. The summed E-state index contributed by atoms with van der Waals surface area (Å²) in [7, 11) is 0. The molecule has 56 valence electrons. The summed E-state index contributed by atoms with van der Waals surface area (Å²) in [6.45, 7) is 0.139. The lowest BCUT2D eigenvalue weighted by Gasteiger charge is -1.89. The molecule has 4 nitrogen and oxygen atoms in total. The highest BCUT2D eigenvalue weighted by Crippen LogP contribution is 1.96. The van der Waals surface area contributed by atoms with Crippen LogP contribution in [0.2, 0.25) is 0 Å². The fourth-order valence-corrected chi connectivity index (χ4v) is 0.507. The van der Waals surface area contributed by atoms with Crippen LogP contribution in [0.4, 0.5) is 0 Å². The lowest BCUT2D eigenvalue weighted by Crippen LogP contribution is -2.03. The molecule has 0 saturated heterocycles. The number of carbonyl (C=O) groups is 1. The first-order valence-corrected chi connectivity index (χ1v) is 2.96. The molecule has 0 aliphatic rings. The third kappa shape index (κ3) is 3.14. The van der Waals surface area contributed by atoms with Crippen LogP contribution in [-0.4, -0.2) is 12.3 Å². The summed E-state index contributed by atoms with van der Waals surface area (Å²) in [5.41, 5.74) is 5.04. The lowest BCUT2D eigenvalue weighted by atomic mass is 10.1. The van der Waals surface area contributed by atoms with Crippen molar-refractivity contribution >= 4 is 5.78 Å². The van der Waals surface area contributed by atoms with Gasteiger partial charge in [0, 0.05) is 6.54 Å². The largest absolute Gasteiger partial charge is 0.327 e. The highest BCUT2D eigenvalue weighted by atomic mass is 16.1. The van der Waals surface area contributed by atoms with Gasteiger partial charge in [-0.25, -0.2) is 0 Å². The van der Waals surface area contributed by atoms with Crippen LogP contribution in [-0.2, 0) is 4.79 Å². The maximum atomic E-state index is 10.8. The first-order valence-electron chi connectivity index (χ1n) is 2.96. The number of hydrogen-bond acceptors (Lipinski definition) is 4. The molecule has 0 spiro atoms. The van der Waals surface area contributed by atoms with Gasteiger partial charge >= 0.3 is 0 Å². The van der Waals surface area contributed by atoms with Crippen molar-refractivity contribution in [2.75, 3.05) is 6.54 Å². The summed E-state index contributed by atoms with van der Waals surface area (Å²) >= 11 is 0. The zero-order valence-corrected chi connectivity index (χ0v) is 5.87. The second-order valence-electron chi connectivity index (χ2n) is 1.72. The molecule has 4 heteroatoms. The number of nitrogens with zero attached hydrogens (tertiary/aromatic N) is 2.